The number of benzene rings is 1. The van der Waals surface area contributed by atoms with Crippen LogP contribution in [0.2, 0.25) is 0 Å². The lowest BCUT2D eigenvalue weighted by molar-refractivity contribution is 0.0622. The molecule has 1 saturated heterocycles. The zero-order valence-corrected chi connectivity index (χ0v) is 12.7. The fourth-order valence-electron chi connectivity index (χ4n) is 2.87. The minimum absolute atomic E-state index is 0. The Hall–Kier alpha value is -1.22. The molecule has 0 aliphatic carbocycles. The third-order valence-electron chi connectivity index (χ3n) is 3.65. The highest BCUT2D eigenvalue weighted by molar-refractivity contribution is 5.96. The molecular weight excluding hydrogens is 260 g/mol. The summed E-state index contributed by atoms with van der Waals surface area (Å²) >= 11 is 0. The first-order chi connectivity index (χ1) is 8.47. The van der Waals surface area contributed by atoms with Crippen LogP contribution in [0.3, 0.4) is 0 Å². The standard InChI is InChI=1S/C15H22N2O.ClH/c1-10-6-11(2)9-17(8-10)15(18)14-7-13(16)5-4-12(14)3;/h4-5,7,10-11H,6,8-9,16H2,1-3H3;1H. The van der Waals surface area contributed by atoms with E-state index in [-0.39, 0.29) is 18.3 Å². The number of amides is 1. The number of anilines is 1. The van der Waals surface area contributed by atoms with Crippen molar-refractivity contribution in [1.29, 1.82) is 0 Å². The Bertz CT molecular complexity index is 451. The first-order valence-corrected chi connectivity index (χ1v) is 6.62. The third kappa shape index (κ3) is 3.63. The van der Waals surface area contributed by atoms with Crippen molar-refractivity contribution in [2.75, 3.05) is 18.8 Å². The Balaban J connectivity index is 0.00000180. The van der Waals surface area contributed by atoms with Gasteiger partial charge in [0.15, 0.2) is 0 Å². The van der Waals surface area contributed by atoms with Gasteiger partial charge in [0.25, 0.3) is 5.91 Å². The van der Waals surface area contributed by atoms with Gasteiger partial charge in [-0.05, 0) is 42.9 Å². The van der Waals surface area contributed by atoms with Crippen molar-refractivity contribution in [2.45, 2.75) is 27.2 Å². The predicted octanol–water partition coefficient (Wildman–Crippen LogP) is 3.12. The van der Waals surface area contributed by atoms with Crippen molar-refractivity contribution in [3.8, 4) is 0 Å². The fourth-order valence-corrected chi connectivity index (χ4v) is 2.87. The van der Waals surface area contributed by atoms with E-state index >= 15 is 0 Å². The van der Waals surface area contributed by atoms with Crippen molar-refractivity contribution in [1.82, 2.24) is 4.90 Å². The van der Waals surface area contributed by atoms with Crippen molar-refractivity contribution in [3.05, 3.63) is 29.3 Å². The van der Waals surface area contributed by atoms with E-state index in [1.54, 1.807) is 6.07 Å². The summed E-state index contributed by atoms with van der Waals surface area (Å²) in [7, 11) is 0. The summed E-state index contributed by atoms with van der Waals surface area (Å²) in [4.78, 5) is 14.5. The molecule has 1 aliphatic rings. The molecule has 2 atom stereocenters. The third-order valence-corrected chi connectivity index (χ3v) is 3.65. The maximum atomic E-state index is 12.5. The van der Waals surface area contributed by atoms with Crippen molar-refractivity contribution in [2.24, 2.45) is 11.8 Å². The summed E-state index contributed by atoms with van der Waals surface area (Å²) in [5.74, 6) is 1.29. The summed E-state index contributed by atoms with van der Waals surface area (Å²) in [5, 5.41) is 0. The molecule has 0 spiro atoms. The molecule has 0 saturated carbocycles. The van der Waals surface area contributed by atoms with E-state index in [9.17, 15) is 4.79 Å². The number of nitrogens with two attached hydrogens (primary N) is 1. The van der Waals surface area contributed by atoms with E-state index < -0.39 is 0 Å². The van der Waals surface area contributed by atoms with E-state index in [0.717, 1.165) is 24.2 Å². The van der Waals surface area contributed by atoms with E-state index in [0.29, 0.717) is 17.5 Å². The van der Waals surface area contributed by atoms with Crippen LogP contribution in [0.5, 0.6) is 0 Å². The normalized spacial score (nSPS) is 22.8. The van der Waals surface area contributed by atoms with Crippen LogP contribution in [0.25, 0.3) is 0 Å². The van der Waals surface area contributed by atoms with Crippen LogP contribution in [-0.2, 0) is 0 Å². The molecule has 4 heteroatoms. The molecule has 2 unspecified atom stereocenters. The topological polar surface area (TPSA) is 46.3 Å². The van der Waals surface area contributed by atoms with Crippen LogP contribution in [0, 0.1) is 18.8 Å². The maximum absolute atomic E-state index is 12.5. The number of nitrogens with zero attached hydrogens (tertiary/aromatic N) is 1. The number of piperidine rings is 1. The van der Waals surface area contributed by atoms with Gasteiger partial charge in [-0.25, -0.2) is 0 Å². The van der Waals surface area contributed by atoms with Crippen LogP contribution in [0.15, 0.2) is 18.2 Å². The summed E-state index contributed by atoms with van der Waals surface area (Å²) in [6, 6.07) is 5.55. The average Bonchev–Trinajstić information content (AvgIpc) is 2.30. The maximum Gasteiger partial charge on any atom is 0.254 e. The first-order valence-electron chi connectivity index (χ1n) is 6.62. The van der Waals surface area contributed by atoms with Crippen LogP contribution in [-0.4, -0.2) is 23.9 Å². The second kappa shape index (κ2) is 6.29. The van der Waals surface area contributed by atoms with E-state index in [1.165, 1.54) is 6.42 Å². The molecule has 3 nitrogen and oxygen atoms in total. The molecule has 1 aromatic rings. The lowest BCUT2D eigenvalue weighted by Crippen LogP contribution is -2.42. The number of hydrogen-bond donors (Lipinski definition) is 1. The summed E-state index contributed by atoms with van der Waals surface area (Å²) < 4.78 is 0. The van der Waals surface area contributed by atoms with Gasteiger partial charge >= 0.3 is 0 Å². The van der Waals surface area contributed by atoms with Gasteiger partial charge in [-0.15, -0.1) is 12.4 Å². The summed E-state index contributed by atoms with van der Waals surface area (Å²) in [5.41, 5.74) is 8.18. The van der Waals surface area contributed by atoms with Crippen molar-refractivity contribution in [3.63, 3.8) is 0 Å². The Morgan fingerprint density at radius 3 is 2.42 bits per heavy atom. The van der Waals surface area contributed by atoms with Crippen LogP contribution < -0.4 is 5.73 Å². The van der Waals surface area contributed by atoms with Gasteiger partial charge in [0.2, 0.25) is 0 Å². The zero-order valence-electron chi connectivity index (χ0n) is 11.8. The van der Waals surface area contributed by atoms with Gasteiger partial charge in [-0.1, -0.05) is 19.9 Å². The zero-order chi connectivity index (χ0) is 13.3. The summed E-state index contributed by atoms with van der Waals surface area (Å²) in [6.07, 6.45) is 1.21. The minimum Gasteiger partial charge on any atom is -0.399 e. The molecule has 1 heterocycles. The molecule has 1 aromatic carbocycles. The number of halogens is 1. The first kappa shape index (κ1) is 15.8. The highest BCUT2D eigenvalue weighted by atomic mass is 35.5. The van der Waals surface area contributed by atoms with Gasteiger partial charge in [0.1, 0.15) is 0 Å². The molecule has 1 fully saturated rings. The number of carbonyl (C=O) groups is 1. The second-order valence-electron chi connectivity index (χ2n) is 5.73. The molecule has 2 N–H and O–H groups in total. The summed E-state index contributed by atoms with van der Waals surface area (Å²) in [6.45, 7) is 8.10. The Labute approximate surface area is 121 Å². The smallest absolute Gasteiger partial charge is 0.254 e. The average molecular weight is 283 g/mol. The van der Waals surface area contributed by atoms with E-state index in [1.807, 2.05) is 24.0 Å². The van der Waals surface area contributed by atoms with Crippen molar-refractivity contribution >= 4 is 24.0 Å². The highest BCUT2D eigenvalue weighted by Gasteiger charge is 2.26. The van der Waals surface area contributed by atoms with Gasteiger partial charge in [-0.3, -0.25) is 4.79 Å². The van der Waals surface area contributed by atoms with Crippen LogP contribution >= 0.6 is 12.4 Å². The molecule has 0 radical (unpaired) electrons. The molecule has 0 aromatic heterocycles. The Morgan fingerprint density at radius 1 is 1.26 bits per heavy atom. The minimum atomic E-state index is 0. The number of carbonyl (C=O) groups excluding carboxylic acids is 1. The number of aryl methyl sites for hydroxylation is 1. The van der Waals surface area contributed by atoms with E-state index in [4.69, 9.17) is 5.73 Å². The van der Waals surface area contributed by atoms with Crippen LogP contribution in [0.4, 0.5) is 5.69 Å². The molecular formula is C15H23ClN2O. The SMILES string of the molecule is Cc1ccc(N)cc1C(=O)N1CC(C)CC(C)C1.Cl. The predicted molar refractivity (Wildman–Crippen MR) is 81.7 cm³/mol. The largest absolute Gasteiger partial charge is 0.399 e. The lowest BCUT2D eigenvalue weighted by Gasteiger charge is -2.35. The van der Waals surface area contributed by atoms with Gasteiger partial charge in [-0.2, -0.15) is 0 Å². The molecule has 0 bridgehead atoms. The second-order valence-corrected chi connectivity index (χ2v) is 5.73. The number of hydrogen-bond acceptors (Lipinski definition) is 2. The Kier molecular flexibility index (Phi) is 5.24. The fraction of sp³-hybridized carbons (Fsp3) is 0.533. The van der Waals surface area contributed by atoms with Crippen molar-refractivity contribution < 1.29 is 4.79 Å². The van der Waals surface area contributed by atoms with Crippen LogP contribution in [0.1, 0.15) is 36.2 Å². The van der Waals surface area contributed by atoms with E-state index in [2.05, 4.69) is 13.8 Å². The highest BCUT2D eigenvalue weighted by Crippen LogP contribution is 2.24. The van der Waals surface area contributed by atoms with Gasteiger partial charge in [0, 0.05) is 24.3 Å². The lowest BCUT2D eigenvalue weighted by atomic mass is 9.91. The monoisotopic (exact) mass is 282 g/mol. The number of rotatable bonds is 1. The number of likely N-dealkylation sites (tertiary alicyclic amines) is 1. The molecule has 1 amide bonds. The molecule has 1 aliphatic heterocycles. The van der Waals surface area contributed by atoms with Gasteiger partial charge in [0.05, 0.1) is 0 Å². The van der Waals surface area contributed by atoms with Gasteiger partial charge < -0.3 is 10.6 Å². The quantitative estimate of drug-likeness (QED) is 0.805. The molecule has 19 heavy (non-hydrogen) atoms. The Morgan fingerprint density at radius 2 is 1.84 bits per heavy atom. The number of nitrogen functional groups attached to an aromatic ring is 1. The molecule has 2 rings (SSSR count). The molecule has 106 valence electrons.